The quantitative estimate of drug-likeness (QED) is 0.620. The van der Waals surface area contributed by atoms with Gasteiger partial charge in [0.2, 0.25) is 0 Å². The van der Waals surface area contributed by atoms with Crippen molar-refractivity contribution in [2.75, 3.05) is 31.6 Å². The lowest BCUT2D eigenvalue weighted by Crippen LogP contribution is -2.40. The predicted molar refractivity (Wildman–Crippen MR) is 102 cm³/mol. The number of aromatic nitrogens is 2. The second kappa shape index (κ2) is 13.2. The Hall–Kier alpha value is -2.15. The molecule has 0 amide bonds. The smallest absolute Gasteiger partial charge is 0.308 e. The molecule has 3 N–H and O–H groups in total. The molecular weight excluding hydrogens is 320 g/mol. The van der Waals surface area contributed by atoms with E-state index in [1.807, 2.05) is 18.7 Å². The maximum Gasteiger partial charge on any atom is 0.308 e. The first-order valence-corrected chi connectivity index (χ1v) is 8.77. The predicted octanol–water partition coefficient (Wildman–Crippen LogP) is 1.88. The molecule has 0 unspecified atom stereocenters. The fraction of sp³-hybridized carbons (Fsp3) is 0.611. The Bertz CT molecular complexity index is 551. The molecule has 2 rings (SSSR count). The fourth-order valence-electron chi connectivity index (χ4n) is 2.55. The zero-order valence-electron chi connectivity index (χ0n) is 15.7. The first kappa shape index (κ1) is 22.9. The van der Waals surface area contributed by atoms with Crippen molar-refractivity contribution in [1.82, 2.24) is 9.97 Å². The Balaban J connectivity index is 0.00000134. The summed E-state index contributed by atoms with van der Waals surface area (Å²) in [6.07, 6.45) is 4.59. The van der Waals surface area contributed by atoms with Crippen molar-refractivity contribution in [3.05, 3.63) is 35.4 Å². The first-order chi connectivity index (χ1) is 12.2. The van der Waals surface area contributed by atoms with Crippen LogP contribution in [0.25, 0.3) is 0 Å². The van der Waals surface area contributed by atoms with Crippen LogP contribution in [0.4, 0.5) is 5.82 Å². The van der Waals surface area contributed by atoms with Crippen molar-refractivity contribution in [2.24, 2.45) is 11.7 Å². The van der Waals surface area contributed by atoms with Crippen molar-refractivity contribution >= 4 is 11.8 Å². The zero-order chi connectivity index (χ0) is 19.2. The minimum absolute atomic E-state index is 0.0780. The standard InChI is InChI=1S/C14H22N4O3.C2H6.C2H4/c1-21-14(20)10-4-7-18(8-5-10)12-13(19)16-9-11(17-12)3-2-6-15;2*1-2/h9-10H,2-8,15H2,1H3,(H,16,19);1-2H3;1-2H2. The summed E-state index contributed by atoms with van der Waals surface area (Å²) in [5.74, 6) is 0.187. The number of carbonyl (C=O) groups excluding carboxylic acids is 1. The van der Waals surface area contributed by atoms with E-state index in [0.29, 0.717) is 38.3 Å². The van der Waals surface area contributed by atoms with Gasteiger partial charge in [0.1, 0.15) is 0 Å². The van der Waals surface area contributed by atoms with E-state index >= 15 is 0 Å². The summed E-state index contributed by atoms with van der Waals surface area (Å²) in [6, 6.07) is 0. The number of aromatic amines is 1. The summed E-state index contributed by atoms with van der Waals surface area (Å²) in [4.78, 5) is 32.5. The van der Waals surface area contributed by atoms with E-state index in [4.69, 9.17) is 10.5 Å². The van der Waals surface area contributed by atoms with Crippen LogP contribution in [0.3, 0.4) is 0 Å². The van der Waals surface area contributed by atoms with Crippen LogP contribution in [0.1, 0.15) is 38.8 Å². The number of piperidine rings is 1. The number of carbonyl (C=O) groups is 1. The molecule has 0 spiro atoms. The lowest BCUT2D eigenvalue weighted by Gasteiger charge is -2.31. The summed E-state index contributed by atoms with van der Waals surface area (Å²) < 4.78 is 4.76. The number of hydrogen-bond donors (Lipinski definition) is 2. The molecule has 0 bridgehead atoms. The number of nitrogens with two attached hydrogens (primary N) is 1. The van der Waals surface area contributed by atoms with Gasteiger partial charge in [-0.25, -0.2) is 4.98 Å². The largest absolute Gasteiger partial charge is 0.469 e. The van der Waals surface area contributed by atoms with E-state index < -0.39 is 0 Å². The van der Waals surface area contributed by atoms with Crippen LogP contribution < -0.4 is 16.2 Å². The number of ether oxygens (including phenoxy) is 1. The molecule has 1 saturated heterocycles. The van der Waals surface area contributed by atoms with Crippen molar-refractivity contribution in [3.63, 3.8) is 0 Å². The monoisotopic (exact) mass is 352 g/mol. The average Bonchev–Trinajstić information content (AvgIpc) is 2.70. The van der Waals surface area contributed by atoms with Crippen LogP contribution in [0, 0.1) is 5.92 Å². The summed E-state index contributed by atoms with van der Waals surface area (Å²) in [7, 11) is 1.40. The second-order valence-corrected chi connectivity index (χ2v) is 5.22. The van der Waals surface area contributed by atoms with Gasteiger partial charge in [-0.15, -0.1) is 13.2 Å². The first-order valence-electron chi connectivity index (χ1n) is 8.77. The molecule has 1 aliphatic rings. The number of rotatable bonds is 5. The number of nitrogens with zero attached hydrogens (tertiary/aromatic N) is 2. The molecule has 2 heterocycles. The Labute approximate surface area is 150 Å². The molecule has 1 aromatic heterocycles. The van der Waals surface area contributed by atoms with Gasteiger partial charge >= 0.3 is 5.97 Å². The highest BCUT2D eigenvalue weighted by Gasteiger charge is 2.27. The van der Waals surface area contributed by atoms with E-state index in [1.54, 1.807) is 6.20 Å². The van der Waals surface area contributed by atoms with Gasteiger partial charge in [-0.1, -0.05) is 13.8 Å². The Morgan fingerprint density at radius 1 is 1.40 bits per heavy atom. The molecule has 1 fully saturated rings. The number of methoxy groups -OCH3 is 1. The second-order valence-electron chi connectivity index (χ2n) is 5.22. The van der Waals surface area contributed by atoms with Crippen LogP contribution in [0.5, 0.6) is 0 Å². The van der Waals surface area contributed by atoms with Gasteiger partial charge in [0.15, 0.2) is 5.82 Å². The van der Waals surface area contributed by atoms with Gasteiger partial charge in [0.25, 0.3) is 5.56 Å². The Kier molecular flexibility index (Phi) is 12.0. The summed E-state index contributed by atoms with van der Waals surface area (Å²) in [5.41, 5.74) is 6.14. The van der Waals surface area contributed by atoms with E-state index in [2.05, 4.69) is 23.1 Å². The van der Waals surface area contributed by atoms with Gasteiger partial charge in [-0.05, 0) is 32.2 Å². The summed E-state index contributed by atoms with van der Waals surface area (Å²) in [6.45, 7) is 11.9. The van der Waals surface area contributed by atoms with E-state index in [-0.39, 0.29) is 17.4 Å². The third kappa shape index (κ3) is 7.09. The third-order valence-electron chi connectivity index (χ3n) is 3.79. The average molecular weight is 352 g/mol. The Morgan fingerprint density at radius 2 is 2.00 bits per heavy atom. The van der Waals surface area contributed by atoms with Gasteiger partial charge < -0.3 is 20.4 Å². The Morgan fingerprint density at radius 3 is 2.52 bits per heavy atom. The highest BCUT2D eigenvalue weighted by Crippen LogP contribution is 2.21. The van der Waals surface area contributed by atoms with Crippen LogP contribution in [-0.2, 0) is 16.0 Å². The van der Waals surface area contributed by atoms with Gasteiger partial charge in [0, 0.05) is 19.3 Å². The molecule has 1 aliphatic heterocycles. The van der Waals surface area contributed by atoms with Gasteiger partial charge in [-0.3, -0.25) is 9.59 Å². The van der Waals surface area contributed by atoms with Crippen molar-refractivity contribution in [2.45, 2.75) is 39.5 Å². The van der Waals surface area contributed by atoms with E-state index in [1.165, 1.54) is 7.11 Å². The van der Waals surface area contributed by atoms with E-state index in [0.717, 1.165) is 18.5 Å². The molecule has 7 nitrogen and oxygen atoms in total. The lowest BCUT2D eigenvalue weighted by molar-refractivity contribution is -0.146. The molecule has 0 aliphatic carbocycles. The minimum Gasteiger partial charge on any atom is -0.469 e. The molecule has 7 heteroatoms. The molecule has 25 heavy (non-hydrogen) atoms. The van der Waals surface area contributed by atoms with Crippen LogP contribution in [-0.4, -0.2) is 42.7 Å². The summed E-state index contributed by atoms with van der Waals surface area (Å²) in [5, 5.41) is 0. The maximum absolute atomic E-state index is 11.9. The van der Waals surface area contributed by atoms with Crippen LogP contribution in [0.2, 0.25) is 0 Å². The van der Waals surface area contributed by atoms with Gasteiger partial charge in [0.05, 0.1) is 18.7 Å². The number of hydrogen-bond acceptors (Lipinski definition) is 6. The van der Waals surface area contributed by atoms with Gasteiger partial charge in [-0.2, -0.15) is 0 Å². The molecule has 142 valence electrons. The third-order valence-corrected chi connectivity index (χ3v) is 3.79. The minimum atomic E-state index is -0.192. The molecule has 0 radical (unpaired) electrons. The number of aryl methyl sites for hydroxylation is 1. The van der Waals surface area contributed by atoms with Crippen LogP contribution >= 0.6 is 0 Å². The SMILES string of the molecule is C=C.CC.COC(=O)C1CCN(c2nc(CCCN)c[nH]c2=O)CC1. The van der Waals surface area contributed by atoms with Crippen LogP contribution in [0.15, 0.2) is 24.1 Å². The zero-order valence-corrected chi connectivity index (χ0v) is 15.7. The normalized spacial score (nSPS) is 13.8. The fourth-order valence-corrected chi connectivity index (χ4v) is 2.55. The lowest BCUT2D eigenvalue weighted by atomic mass is 9.97. The van der Waals surface area contributed by atoms with Crippen molar-refractivity contribution < 1.29 is 9.53 Å². The maximum atomic E-state index is 11.9. The van der Waals surface area contributed by atoms with Crippen molar-refractivity contribution in [1.29, 1.82) is 0 Å². The van der Waals surface area contributed by atoms with Crippen molar-refractivity contribution in [3.8, 4) is 0 Å². The highest BCUT2D eigenvalue weighted by molar-refractivity contribution is 5.72. The molecular formula is C18H32N4O3. The molecule has 1 aromatic rings. The number of esters is 1. The highest BCUT2D eigenvalue weighted by atomic mass is 16.5. The number of nitrogens with one attached hydrogen (secondary N) is 1. The number of H-pyrrole nitrogens is 1. The number of anilines is 1. The van der Waals surface area contributed by atoms with E-state index in [9.17, 15) is 9.59 Å². The summed E-state index contributed by atoms with van der Waals surface area (Å²) >= 11 is 0. The molecule has 0 saturated carbocycles. The molecule has 0 atom stereocenters. The molecule has 0 aromatic carbocycles. The topological polar surface area (TPSA) is 101 Å².